The molecule has 1 aliphatic rings. The van der Waals surface area contributed by atoms with Gasteiger partial charge in [0.1, 0.15) is 17.2 Å². The number of carboxylic acid groups (broad SMARTS) is 1. The van der Waals surface area contributed by atoms with Crippen molar-refractivity contribution < 1.29 is 29.0 Å². The zero-order valence-corrected chi connectivity index (χ0v) is 15.2. The summed E-state index contributed by atoms with van der Waals surface area (Å²) >= 11 is 0. The smallest absolute Gasteiger partial charge is 0.410 e. The van der Waals surface area contributed by atoms with E-state index in [2.05, 4.69) is 5.32 Å². The van der Waals surface area contributed by atoms with Crippen molar-refractivity contribution in [3.8, 4) is 0 Å². The summed E-state index contributed by atoms with van der Waals surface area (Å²) in [6, 6.07) is -1.05. The van der Waals surface area contributed by atoms with Crippen LogP contribution in [0.4, 0.5) is 9.59 Å². The highest BCUT2D eigenvalue weighted by molar-refractivity contribution is 5.80. The number of ether oxygens (including phenoxy) is 2. The van der Waals surface area contributed by atoms with E-state index in [1.165, 1.54) is 4.90 Å². The van der Waals surface area contributed by atoms with Crippen LogP contribution in [0.3, 0.4) is 0 Å². The number of carbonyl (C=O) groups is 3. The molecular weight excluding hydrogens is 316 g/mol. The van der Waals surface area contributed by atoms with Crippen LogP contribution in [0.5, 0.6) is 0 Å². The topological polar surface area (TPSA) is 105 Å². The second-order valence-electron chi connectivity index (χ2n) is 8.02. The fourth-order valence-electron chi connectivity index (χ4n) is 2.20. The molecule has 0 saturated carbocycles. The Morgan fingerprint density at radius 1 is 1.08 bits per heavy atom. The minimum atomic E-state index is -1.13. The van der Waals surface area contributed by atoms with Crippen molar-refractivity contribution in [1.29, 1.82) is 0 Å². The average molecular weight is 344 g/mol. The summed E-state index contributed by atoms with van der Waals surface area (Å²) in [5.41, 5.74) is -1.26. The number of carbonyl (C=O) groups excluding carboxylic acids is 2. The summed E-state index contributed by atoms with van der Waals surface area (Å²) < 4.78 is 10.3. The molecule has 1 saturated heterocycles. The number of likely N-dealkylation sites (tertiary alicyclic amines) is 1. The molecule has 8 heteroatoms. The lowest BCUT2D eigenvalue weighted by Gasteiger charge is -2.40. The van der Waals surface area contributed by atoms with Crippen LogP contribution < -0.4 is 5.32 Å². The Labute approximate surface area is 142 Å². The van der Waals surface area contributed by atoms with Crippen LogP contribution >= 0.6 is 0 Å². The monoisotopic (exact) mass is 344 g/mol. The number of rotatable bonds is 4. The predicted octanol–water partition coefficient (Wildman–Crippen LogP) is 2.22. The van der Waals surface area contributed by atoms with Crippen LogP contribution in [0.1, 0.15) is 48.0 Å². The van der Waals surface area contributed by atoms with E-state index in [4.69, 9.17) is 9.47 Å². The van der Waals surface area contributed by atoms with Gasteiger partial charge in [0.2, 0.25) is 0 Å². The Bertz CT molecular complexity index is 486. The fraction of sp³-hybridized carbons (Fsp3) is 0.812. The van der Waals surface area contributed by atoms with Gasteiger partial charge in [-0.1, -0.05) is 0 Å². The van der Waals surface area contributed by atoms with Crippen LogP contribution in [0.2, 0.25) is 0 Å². The first-order valence-corrected chi connectivity index (χ1v) is 7.97. The third kappa shape index (κ3) is 7.06. The second-order valence-corrected chi connectivity index (χ2v) is 8.02. The van der Waals surface area contributed by atoms with Crippen LogP contribution in [-0.2, 0) is 14.3 Å². The Balaban J connectivity index is 2.45. The minimum Gasteiger partial charge on any atom is -0.480 e. The highest BCUT2D eigenvalue weighted by atomic mass is 16.6. The molecule has 0 unspecified atom stereocenters. The van der Waals surface area contributed by atoms with E-state index in [0.29, 0.717) is 13.1 Å². The molecule has 0 spiro atoms. The van der Waals surface area contributed by atoms with Gasteiger partial charge in [-0.2, -0.15) is 0 Å². The normalized spacial score (nSPS) is 16.8. The van der Waals surface area contributed by atoms with Gasteiger partial charge in [0.15, 0.2) is 0 Å². The number of nitrogens with one attached hydrogen (secondary N) is 1. The molecule has 0 radical (unpaired) electrons. The summed E-state index contributed by atoms with van der Waals surface area (Å²) in [6.07, 6.45) is -0.947. The van der Waals surface area contributed by atoms with Crippen molar-refractivity contribution in [2.24, 2.45) is 5.92 Å². The molecule has 138 valence electrons. The quantitative estimate of drug-likeness (QED) is 0.810. The molecule has 1 atom stereocenters. The number of amides is 2. The third-order valence-corrected chi connectivity index (χ3v) is 3.17. The molecule has 0 aromatic heterocycles. The second kappa shape index (κ2) is 7.27. The van der Waals surface area contributed by atoms with Crippen molar-refractivity contribution >= 4 is 18.2 Å². The molecule has 8 nitrogen and oxygen atoms in total. The van der Waals surface area contributed by atoms with E-state index < -0.39 is 35.4 Å². The number of hydrogen-bond donors (Lipinski definition) is 2. The van der Waals surface area contributed by atoms with E-state index in [-0.39, 0.29) is 12.3 Å². The summed E-state index contributed by atoms with van der Waals surface area (Å²) in [7, 11) is 0. The summed E-state index contributed by atoms with van der Waals surface area (Å²) in [6.45, 7) is 11.3. The molecule has 0 bridgehead atoms. The molecule has 24 heavy (non-hydrogen) atoms. The van der Waals surface area contributed by atoms with Gasteiger partial charge >= 0.3 is 18.2 Å². The van der Waals surface area contributed by atoms with E-state index in [9.17, 15) is 19.5 Å². The average Bonchev–Trinajstić information content (AvgIpc) is 2.25. The molecule has 1 fully saturated rings. The third-order valence-electron chi connectivity index (χ3n) is 3.17. The van der Waals surface area contributed by atoms with E-state index in [1.807, 2.05) is 0 Å². The van der Waals surface area contributed by atoms with E-state index >= 15 is 0 Å². The summed E-state index contributed by atoms with van der Waals surface area (Å²) in [5.74, 6) is -1.13. The molecule has 1 rings (SSSR count). The maximum absolute atomic E-state index is 11.8. The molecule has 1 heterocycles. The van der Waals surface area contributed by atoms with Gasteiger partial charge in [-0.05, 0) is 53.9 Å². The minimum absolute atomic E-state index is 0.00597. The molecule has 0 aliphatic carbocycles. The first-order chi connectivity index (χ1) is 10.8. The van der Waals surface area contributed by atoms with E-state index in [0.717, 1.165) is 0 Å². The SMILES string of the molecule is CC(C)(C)OC(=O)N[C@@H](CC1CN(C(=O)OC(C)(C)C)C1)C(=O)O. The lowest BCUT2D eigenvalue weighted by Crippen LogP contribution is -2.54. The van der Waals surface area contributed by atoms with Crippen molar-refractivity contribution in [3.63, 3.8) is 0 Å². The Morgan fingerprint density at radius 3 is 2.00 bits per heavy atom. The zero-order chi connectivity index (χ0) is 18.7. The van der Waals surface area contributed by atoms with Gasteiger partial charge in [-0.3, -0.25) is 0 Å². The number of nitrogens with zero attached hydrogens (tertiary/aromatic N) is 1. The molecule has 2 N–H and O–H groups in total. The van der Waals surface area contributed by atoms with Crippen molar-refractivity contribution in [2.45, 2.75) is 65.2 Å². The zero-order valence-electron chi connectivity index (χ0n) is 15.2. The van der Waals surface area contributed by atoms with Crippen LogP contribution in [0.15, 0.2) is 0 Å². The van der Waals surface area contributed by atoms with Crippen LogP contribution in [0, 0.1) is 5.92 Å². The first-order valence-electron chi connectivity index (χ1n) is 7.97. The molecular formula is C16H28N2O6. The standard InChI is InChI=1S/C16H28N2O6/c1-15(2,3)23-13(21)17-11(12(19)20)7-10-8-18(9-10)14(22)24-16(4,5)6/h10-11H,7-9H2,1-6H3,(H,17,21)(H,19,20)/t11-/m0/s1. The predicted molar refractivity (Wildman–Crippen MR) is 86.7 cm³/mol. The first kappa shape index (κ1) is 20.1. The number of carboxylic acids is 1. The Morgan fingerprint density at radius 2 is 1.58 bits per heavy atom. The van der Waals surface area contributed by atoms with Gasteiger partial charge in [-0.25, -0.2) is 14.4 Å². The largest absolute Gasteiger partial charge is 0.480 e. The fourth-order valence-corrected chi connectivity index (χ4v) is 2.20. The molecule has 1 aliphatic heterocycles. The van der Waals surface area contributed by atoms with Gasteiger partial charge in [0.05, 0.1) is 0 Å². The van der Waals surface area contributed by atoms with Crippen molar-refractivity contribution in [2.75, 3.05) is 13.1 Å². The maximum atomic E-state index is 11.8. The van der Waals surface area contributed by atoms with Gasteiger partial charge in [-0.15, -0.1) is 0 Å². The highest BCUT2D eigenvalue weighted by Gasteiger charge is 2.37. The van der Waals surface area contributed by atoms with Crippen molar-refractivity contribution in [1.82, 2.24) is 10.2 Å². The van der Waals surface area contributed by atoms with Gasteiger partial charge in [0, 0.05) is 13.1 Å². The number of hydrogen-bond acceptors (Lipinski definition) is 5. The lowest BCUT2D eigenvalue weighted by atomic mass is 9.92. The van der Waals surface area contributed by atoms with Gasteiger partial charge in [0.25, 0.3) is 0 Å². The summed E-state index contributed by atoms with van der Waals surface area (Å²) in [5, 5.41) is 11.6. The lowest BCUT2D eigenvalue weighted by molar-refractivity contribution is -0.140. The number of aliphatic carboxylic acids is 1. The summed E-state index contributed by atoms with van der Waals surface area (Å²) in [4.78, 5) is 36.4. The number of alkyl carbamates (subject to hydrolysis) is 1. The molecule has 2 amide bonds. The van der Waals surface area contributed by atoms with Crippen molar-refractivity contribution in [3.05, 3.63) is 0 Å². The van der Waals surface area contributed by atoms with Crippen LogP contribution in [0.25, 0.3) is 0 Å². The Hall–Kier alpha value is -1.99. The van der Waals surface area contributed by atoms with Gasteiger partial charge < -0.3 is 24.8 Å². The van der Waals surface area contributed by atoms with E-state index in [1.54, 1.807) is 41.5 Å². The van der Waals surface area contributed by atoms with Crippen LogP contribution in [-0.4, -0.2) is 58.5 Å². The Kier molecular flexibility index (Phi) is 6.08. The molecule has 0 aromatic carbocycles. The molecule has 0 aromatic rings. The highest BCUT2D eigenvalue weighted by Crippen LogP contribution is 2.23. The maximum Gasteiger partial charge on any atom is 0.410 e.